The predicted octanol–water partition coefficient (Wildman–Crippen LogP) is 2.50. The molecular weight excluding hydrogens is 260 g/mol. The van der Waals surface area contributed by atoms with Gasteiger partial charge in [0.2, 0.25) is 0 Å². The van der Waals surface area contributed by atoms with Gasteiger partial charge in [0, 0.05) is 30.2 Å². The topological polar surface area (TPSA) is 65.1 Å². The second kappa shape index (κ2) is 4.71. The van der Waals surface area contributed by atoms with E-state index in [2.05, 4.69) is 49.2 Å². The number of allylic oxidation sites excluding steroid dienone is 1. The van der Waals surface area contributed by atoms with Crippen LogP contribution in [0.3, 0.4) is 0 Å². The normalized spacial score (nSPS) is 17.0. The van der Waals surface area contributed by atoms with Crippen LogP contribution in [-0.4, -0.2) is 6.54 Å². The van der Waals surface area contributed by atoms with Crippen molar-refractivity contribution in [1.29, 1.82) is 5.26 Å². The summed E-state index contributed by atoms with van der Waals surface area (Å²) in [5, 5.41) is 12.2. The lowest BCUT2D eigenvalue weighted by Crippen LogP contribution is -2.22. The van der Waals surface area contributed by atoms with Crippen molar-refractivity contribution in [2.24, 2.45) is 5.73 Å². The van der Waals surface area contributed by atoms with E-state index in [9.17, 15) is 5.26 Å². The van der Waals surface area contributed by atoms with Crippen molar-refractivity contribution in [3.8, 4) is 6.07 Å². The summed E-state index contributed by atoms with van der Waals surface area (Å²) in [7, 11) is 0. The molecule has 2 aliphatic rings. The summed E-state index contributed by atoms with van der Waals surface area (Å²) in [6.07, 6.45) is 3.90. The van der Waals surface area contributed by atoms with Crippen LogP contribution in [0.1, 0.15) is 16.7 Å². The molecule has 0 amide bonds. The first-order chi connectivity index (χ1) is 10.0. The van der Waals surface area contributed by atoms with Crippen LogP contribution in [0.15, 0.2) is 47.1 Å². The zero-order chi connectivity index (χ0) is 15.1. The average Bonchev–Trinajstić information content (AvgIpc) is 2.88. The molecule has 2 aliphatic heterocycles. The average molecular weight is 278 g/mol. The van der Waals surface area contributed by atoms with E-state index in [0.29, 0.717) is 11.4 Å². The van der Waals surface area contributed by atoms with Gasteiger partial charge in [-0.25, -0.2) is 0 Å². The van der Waals surface area contributed by atoms with Crippen LogP contribution in [0.2, 0.25) is 0 Å². The molecule has 1 aromatic rings. The molecule has 4 nitrogen and oxygen atoms in total. The summed E-state index contributed by atoms with van der Waals surface area (Å²) >= 11 is 0. The molecule has 0 saturated heterocycles. The highest BCUT2D eigenvalue weighted by Gasteiger charge is 2.26. The number of anilines is 1. The van der Waals surface area contributed by atoms with Gasteiger partial charge < -0.3 is 16.0 Å². The molecule has 21 heavy (non-hydrogen) atoms. The lowest BCUT2D eigenvalue weighted by atomic mass is 10.0. The van der Waals surface area contributed by atoms with Crippen LogP contribution in [0.5, 0.6) is 0 Å². The molecule has 0 unspecified atom stereocenters. The Bertz CT molecular complexity index is 736. The van der Waals surface area contributed by atoms with Gasteiger partial charge in [-0.15, -0.1) is 0 Å². The first-order valence-corrected chi connectivity index (χ1v) is 6.93. The minimum atomic E-state index is 0.422. The molecule has 106 valence electrons. The molecule has 0 fully saturated rings. The smallest absolute Gasteiger partial charge is 0.119 e. The number of dihydropyridines is 1. The highest BCUT2D eigenvalue weighted by molar-refractivity contribution is 5.68. The number of nitrogens with zero attached hydrogens (tertiary/aromatic N) is 2. The Labute approximate surface area is 124 Å². The van der Waals surface area contributed by atoms with E-state index < -0.39 is 0 Å². The minimum absolute atomic E-state index is 0.422. The van der Waals surface area contributed by atoms with E-state index >= 15 is 0 Å². The Hall–Kier alpha value is -2.67. The van der Waals surface area contributed by atoms with Crippen LogP contribution in [0.25, 0.3) is 0 Å². The summed E-state index contributed by atoms with van der Waals surface area (Å²) in [6.45, 7) is 7.14. The fourth-order valence-corrected chi connectivity index (χ4v) is 2.75. The molecule has 4 heteroatoms. The lowest BCUT2D eigenvalue weighted by molar-refractivity contribution is 0.961. The van der Waals surface area contributed by atoms with Gasteiger partial charge in [0.25, 0.3) is 0 Å². The quantitative estimate of drug-likeness (QED) is 0.828. The second-order valence-corrected chi connectivity index (χ2v) is 5.59. The van der Waals surface area contributed by atoms with E-state index in [1.807, 2.05) is 12.4 Å². The van der Waals surface area contributed by atoms with Crippen molar-refractivity contribution < 1.29 is 0 Å². The van der Waals surface area contributed by atoms with Gasteiger partial charge >= 0.3 is 0 Å². The third-order valence-corrected chi connectivity index (χ3v) is 4.27. The number of nitriles is 1. The van der Waals surface area contributed by atoms with Gasteiger partial charge in [-0.1, -0.05) is 0 Å². The van der Waals surface area contributed by atoms with E-state index in [0.717, 1.165) is 23.4 Å². The van der Waals surface area contributed by atoms with E-state index in [-0.39, 0.29) is 0 Å². The molecule has 0 bridgehead atoms. The molecule has 2 heterocycles. The fourth-order valence-electron chi connectivity index (χ4n) is 2.75. The van der Waals surface area contributed by atoms with Gasteiger partial charge in [0.05, 0.1) is 0 Å². The fraction of sp³-hybridized carbons (Fsp3) is 0.235. The van der Waals surface area contributed by atoms with Crippen molar-refractivity contribution in [2.75, 3.05) is 11.4 Å². The van der Waals surface area contributed by atoms with Gasteiger partial charge in [-0.05, 0) is 55.2 Å². The lowest BCUT2D eigenvalue weighted by Gasteiger charge is -2.18. The third-order valence-electron chi connectivity index (χ3n) is 4.27. The first-order valence-electron chi connectivity index (χ1n) is 6.93. The first kappa shape index (κ1) is 13.3. The Balaban J connectivity index is 2.03. The predicted molar refractivity (Wildman–Crippen MR) is 84.1 cm³/mol. The molecule has 0 radical (unpaired) electrons. The van der Waals surface area contributed by atoms with E-state index in [1.54, 1.807) is 0 Å². The number of nitrogens with two attached hydrogens (primary N) is 1. The molecule has 3 rings (SSSR count). The van der Waals surface area contributed by atoms with Crippen LogP contribution < -0.4 is 16.0 Å². The second-order valence-electron chi connectivity index (χ2n) is 5.59. The Morgan fingerprint density at radius 1 is 1.24 bits per heavy atom. The number of fused-ring (bicyclic) bond motifs is 1. The van der Waals surface area contributed by atoms with Crippen molar-refractivity contribution in [3.63, 3.8) is 0 Å². The molecule has 0 spiro atoms. The van der Waals surface area contributed by atoms with Crippen LogP contribution in [0, 0.1) is 32.1 Å². The van der Waals surface area contributed by atoms with Crippen molar-refractivity contribution >= 4 is 5.69 Å². The van der Waals surface area contributed by atoms with E-state index in [4.69, 9.17) is 5.73 Å². The molecule has 0 aliphatic carbocycles. The molecule has 1 aromatic carbocycles. The Morgan fingerprint density at radius 3 is 2.52 bits per heavy atom. The monoisotopic (exact) mass is 278 g/mol. The van der Waals surface area contributed by atoms with Crippen molar-refractivity contribution in [1.82, 2.24) is 5.32 Å². The number of nitrogens with one attached hydrogen (secondary N) is 1. The van der Waals surface area contributed by atoms with Gasteiger partial charge in [-0.2, -0.15) is 5.26 Å². The summed E-state index contributed by atoms with van der Waals surface area (Å²) in [6, 6.07) is 6.55. The van der Waals surface area contributed by atoms with Crippen LogP contribution in [0.4, 0.5) is 5.69 Å². The molecule has 0 saturated carbocycles. The summed E-state index contributed by atoms with van der Waals surface area (Å²) in [5.41, 5.74) is 13.4. The van der Waals surface area contributed by atoms with Crippen molar-refractivity contribution in [2.45, 2.75) is 20.8 Å². The zero-order valence-electron chi connectivity index (χ0n) is 12.5. The van der Waals surface area contributed by atoms with Gasteiger partial charge in [0.1, 0.15) is 17.5 Å². The SMILES string of the molecule is Cc1cc(N2C=C3C(=CNC(N)=C3C#N)C2)cc(C)c1C. The highest BCUT2D eigenvalue weighted by atomic mass is 15.1. The van der Waals surface area contributed by atoms with Crippen LogP contribution in [-0.2, 0) is 0 Å². The maximum absolute atomic E-state index is 9.28. The number of benzene rings is 1. The molecule has 0 atom stereocenters. The highest BCUT2D eigenvalue weighted by Crippen LogP contribution is 2.34. The molecular formula is C17H18N4. The van der Waals surface area contributed by atoms with Crippen molar-refractivity contribution in [3.05, 3.63) is 63.8 Å². The summed E-state index contributed by atoms with van der Waals surface area (Å²) in [5.74, 6) is 0.422. The molecule has 3 N–H and O–H groups in total. The third kappa shape index (κ3) is 2.07. The standard InChI is InChI=1S/C17H18N4/c1-10-4-14(5-11(2)12(10)3)21-8-13-7-20-17(19)15(6-18)16(13)9-21/h4-5,7,9,20H,8,19H2,1-3H3. The maximum Gasteiger partial charge on any atom is 0.119 e. The maximum atomic E-state index is 9.28. The van der Waals surface area contributed by atoms with Crippen LogP contribution >= 0.6 is 0 Å². The van der Waals surface area contributed by atoms with Gasteiger partial charge in [-0.3, -0.25) is 0 Å². The van der Waals surface area contributed by atoms with Gasteiger partial charge in [0.15, 0.2) is 0 Å². The number of hydrogen-bond acceptors (Lipinski definition) is 4. The molecule has 0 aromatic heterocycles. The zero-order valence-corrected chi connectivity index (χ0v) is 12.5. The largest absolute Gasteiger partial charge is 0.384 e. The number of hydrogen-bond donors (Lipinski definition) is 2. The van der Waals surface area contributed by atoms with E-state index in [1.165, 1.54) is 16.7 Å². The summed E-state index contributed by atoms with van der Waals surface area (Å²) < 4.78 is 0. The summed E-state index contributed by atoms with van der Waals surface area (Å²) in [4.78, 5) is 2.16. The number of aryl methyl sites for hydroxylation is 2. The Morgan fingerprint density at radius 2 is 1.90 bits per heavy atom. The number of rotatable bonds is 1. The Kier molecular flexibility index (Phi) is 2.99. The minimum Gasteiger partial charge on any atom is -0.384 e.